The van der Waals surface area contributed by atoms with E-state index in [-0.39, 0.29) is 0 Å². The molecule has 1 aromatic rings. The number of pyridine rings is 1. The quantitative estimate of drug-likeness (QED) is 0.736. The first-order chi connectivity index (χ1) is 10.2. The zero-order valence-corrected chi connectivity index (χ0v) is 13.8. The van der Waals surface area contributed by atoms with E-state index in [0.29, 0.717) is 11.2 Å². The van der Waals surface area contributed by atoms with Crippen LogP contribution < -0.4 is 5.32 Å². The number of anilines is 1. The van der Waals surface area contributed by atoms with E-state index >= 15 is 0 Å². The molecule has 3 rings (SSSR count). The monoisotopic (exact) mass is 306 g/mol. The van der Waals surface area contributed by atoms with Gasteiger partial charge in [0.15, 0.2) is 0 Å². The van der Waals surface area contributed by atoms with Gasteiger partial charge in [0.1, 0.15) is 5.15 Å². The third kappa shape index (κ3) is 3.71. The molecule has 1 N–H and O–H groups in total. The van der Waals surface area contributed by atoms with Crippen molar-refractivity contribution in [1.82, 2.24) is 4.98 Å². The lowest BCUT2D eigenvalue weighted by molar-refractivity contribution is 0.180. The zero-order chi connectivity index (χ0) is 14.7. The number of hydrogen-bond donors (Lipinski definition) is 1. The van der Waals surface area contributed by atoms with Gasteiger partial charge in [-0.15, -0.1) is 0 Å². The fraction of sp³-hybridized carbons (Fsp3) is 0.722. The molecule has 0 aliphatic heterocycles. The van der Waals surface area contributed by atoms with Crippen LogP contribution in [0.15, 0.2) is 12.3 Å². The Labute approximate surface area is 133 Å². The first-order valence-electron chi connectivity index (χ1n) is 8.63. The molecular weight excluding hydrogens is 280 g/mol. The fourth-order valence-electron chi connectivity index (χ4n) is 4.32. The third-order valence-corrected chi connectivity index (χ3v) is 5.84. The van der Waals surface area contributed by atoms with Gasteiger partial charge in [-0.05, 0) is 43.2 Å². The predicted octanol–water partition coefficient (Wildman–Crippen LogP) is 5.59. The Bertz CT molecular complexity index is 468. The highest BCUT2D eigenvalue weighted by atomic mass is 35.5. The Kier molecular flexibility index (Phi) is 5.05. The van der Waals surface area contributed by atoms with Gasteiger partial charge in [0, 0.05) is 6.04 Å². The molecule has 2 aliphatic rings. The summed E-state index contributed by atoms with van der Waals surface area (Å²) in [7, 11) is 0. The van der Waals surface area contributed by atoms with Crippen LogP contribution in [0.4, 0.5) is 5.69 Å². The zero-order valence-electron chi connectivity index (χ0n) is 13.1. The molecule has 0 radical (unpaired) electrons. The highest BCUT2D eigenvalue weighted by Crippen LogP contribution is 2.39. The van der Waals surface area contributed by atoms with Gasteiger partial charge in [-0.2, -0.15) is 0 Å². The van der Waals surface area contributed by atoms with Crippen molar-refractivity contribution in [2.45, 2.75) is 70.8 Å². The molecule has 0 spiro atoms. The van der Waals surface area contributed by atoms with E-state index in [0.717, 1.165) is 23.1 Å². The summed E-state index contributed by atoms with van der Waals surface area (Å²) in [5.41, 5.74) is 2.20. The molecule has 1 heterocycles. The van der Waals surface area contributed by atoms with Gasteiger partial charge < -0.3 is 5.32 Å². The number of halogens is 1. The lowest BCUT2D eigenvalue weighted by atomic mass is 9.71. The van der Waals surface area contributed by atoms with Crippen LogP contribution in [0.25, 0.3) is 0 Å². The summed E-state index contributed by atoms with van der Waals surface area (Å²) < 4.78 is 0. The maximum atomic E-state index is 6.03. The fourth-order valence-corrected chi connectivity index (χ4v) is 4.42. The average molecular weight is 307 g/mol. The van der Waals surface area contributed by atoms with Gasteiger partial charge in [0.2, 0.25) is 0 Å². The Morgan fingerprint density at radius 2 is 1.76 bits per heavy atom. The third-order valence-electron chi connectivity index (χ3n) is 5.44. The summed E-state index contributed by atoms with van der Waals surface area (Å²) in [6, 6.07) is 2.77. The lowest BCUT2D eigenvalue weighted by Gasteiger charge is -2.39. The van der Waals surface area contributed by atoms with E-state index < -0.39 is 0 Å². The average Bonchev–Trinajstić information content (AvgIpc) is 2.52. The van der Waals surface area contributed by atoms with Crippen molar-refractivity contribution in [2.75, 3.05) is 5.32 Å². The van der Waals surface area contributed by atoms with E-state index in [1.165, 1.54) is 57.8 Å². The van der Waals surface area contributed by atoms with Crippen LogP contribution in [0, 0.1) is 18.8 Å². The first kappa shape index (κ1) is 15.1. The molecule has 2 atom stereocenters. The van der Waals surface area contributed by atoms with Crippen LogP contribution in [0.2, 0.25) is 5.15 Å². The Hall–Kier alpha value is -0.760. The molecule has 3 heteroatoms. The molecule has 2 unspecified atom stereocenters. The number of aryl methyl sites for hydroxylation is 1. The number of nitrogens with one attached hydrogen (secondary N) is 1. The highest BCUT2D eigenvalue weighted by Gasteiger charge is 2.32. The molecule has 0 saturated heterocycles. The molecule has 1 aromatic heterocycles. The minimum atomic E-state index is 0.619. The van der Waals surface area contributed by atoms with Crippen molar-refractivity contribution in [2.24, 2.45) is 11.8 Å². The topological polar surface area (TPSA) is 24.9 Å². The summed E-state index contributed by atoms with van der Waals surface area (Å²) in [4.78, 5) is 4.28. The Balaban J connectivity index is 1.69. The molecule has 2 nitrogen and oxygen atoms in total. The second-order valence-corrected chi connectivity index (χ2v) is 7.29. The summed E-state index contributed by atoms with van der Waals surface area (Å²) in [5, 5.41) is 4.39. The van der Waals surface area contributed by atoms with Crippen molar-refractivity contribution >= 4 is 17.3 Å². The highest BCUT2D eigenvalue weighted by molar-refractivity contribution is 6.30. The molecule has 2 fully saturated rings. The summed E-state index contributed by atoms with van der Waals surface area (Å²) in [6.07, 6.45) is 14.6. The van der Waals surface area contributed by atoms with Gasteiger partial charge in [0.05, 0.1) is 11.9 Å². The van der Waals surface area contributed by atoms with Crippen LogP contribution in [-0.4, -0.2) is 11.0 Å². The maximum absolute atomic E-state index is 6.03. The van der Waals surface area contributed by atoms with Crippen LogP contribution in [-0.2, 0) is 0 Å². The van der Waals surface area contributed by atoms with Crippen LogP contribution in [0.5, 0.6) is 0 Å². The molecular formula is C18H27ClN2. The van der Waals surface area contributed by atoms with Crippen LogP contribution in [0.1, 0.15) is 63.4 Å². The van der Waals surface area contributed by atoms with Crippen molar-refractivity contribution < 1.29 is 0 Å². The van der Waals surface area contributed by atoms with Crippen LogP contribution in [0.3, 0.4) is 0 Å². The summed E-state index contributed by atoms with van der Waals surface area (Å²) in [6.45, 7) is 2.03. The van der Waals surface area contributed by atoms with E-state index in [9.17, 15) is 0 Å². The van der Waals surface area contributed by atoms with Crippen molar-refractivity contribution in [3.05, 3.63) is 23.0 Å². The van der Waals surface area contributed by atoms with Gasteiger partial charge >= 0.3 is 0 Å². The lowest BCUT2D eigenvalue weighted by Crippen LogP contribution is -2.37. The number of nitrogens with zero attached hydrogens (tertiary/aromatic N) is 1. The number of hydrogen-bond acceptors (Lipinski definition) is 2. The van der Waals surface area contributed by atoms with Gasteiger partial charge in [-0.25, -0.2) is 4.98 Å². The van der Waals surface area contributed by atoms with Crippen LogP contribution >= 0.6 is 11.6 Å². The first-order valence-corrected chi connectivity index (χ1v) is 9.00. The predicted molar refractivity (Wildman–Crippen MR) is 89.9 cm³/mol. The molecule has 0 bridgehead atoms. The SMILES string of the molecule is Cc1cc(NC2CCCCC2C2CCCCC2)cnc1Cl. The molecule has 116 valence electrons. The largest absolute Gasteiger partial charge is 0.381 e. The number of aromatic nitrogens is 1. The molecule has 21 heavy (non-hydrogen) atoms. The van der Waals surface area contributed by atoms with Crippen molar-refractivity contribution in [1.29, 1.82) is 0 Å². The summed E-state index contributed by atoms with van der Waals surface area (Å²) >= 11 is 6.03. The van der Waals surface area contributed by atoms with Gasteiger partial charge in [-0.3, -0.25) is 0 Å². The van der Waals surface area contributed by atoms with E-state index in [1.54, 1.807) is 0 Å². The van der Waals surface area contributed by atoms with Crippen molar-refractivity contribution in [3.8, 4) is 0 Å². The molecule has 0 aromatic carbocycles. The Morgan fingerprint density at radius 3 is 2.52 bits per heavy atom. The normalized spacial score (nSPS) is 27.5. The van der Waals surface area contributed by atoms with Gasteiger partial charge in [-0.1, -0.05) is 56.5 Å². The molecule has 2 aliphatic carbocycles. The van der Waals surface area contributed by atoms with E-state index in [2.05, 4.69) is 16.4 Å². The summed E-state index contributed by atoms with van der Waals surface area (Å²) in [5.74, 6) is 1.80. The second kappa shape index (κ2) is 7.00. The molecule has 0 amide bonds. The second-order valence-electron chi connectivity index (χ2n) is 6.93. The smallest absolute Gasteiger partial charge is 0.132 e. The minimum absolute atomic E-state index is 0.619. The standard InChI is InChI=1S/C18H27ClN2/c1-13-11-15(12-20-18(13)19)21-17-10-6-5-9-16(17)14-7-3-2-4-8-14/h11-12,14,16-17,21H,2-10H2,1H3. The maximum Gasteiger partial charge on any atom is 0.132 e. The Morgan fingerprint density at radius 1 is 1.05 bits per heavy atom. The minimum Gasteiger partial charge on any atom is -0.381 e. The molecule has 2 saturated carbocycles. The van der Waals surface area contributed by atoms with E-state index in [4.69, 9.17) is 11.6 Å². The van der Waals surface area contributed by atoms with Crippen molar-refractivity contribution in [3.63, 3.8) is 0 Å². The van der Waals surface area contributed by atoms with E-state index in [1.807, 2.05) is 13.1 Å². The number of rotatable bonds is 3. The van der Waals surface area contributed by atoms with Gasteiger partial charge in [0.25, 0.3) is 0 Å².